The summed E-state index contributed by atoms with van der Waals surface area (Å²) < 4.78 is 5.82. The van der Waals surface area contributed by atoms with Crippen molar-refractivity contribution in [3.63, 3.8) is 0 Å². The summed E-state index contributed by atoms with van der Waals surface area (Å²) in [6.45, 7) is 5.16. The molecule has 4 bridgehead atoms. The summed E-state index contributed by atoms with van der Waals surface area (Å²) in [6, 6.07) is 16.1. The largest absolute Gasteiger partial charge is 0.455 e. The number of para-hydroxylation sites is 2. The zero-order valence-corrected chi connectivity index (χ0v) is 21.3. The summed E-state index contributed by atoms with van der Waals surface area (Å²) in [4.78, 5) is 41.4. The van der Waals surface area contributed by atoms with Gasteiger partial charge in [-0.1, -0.05) is 42.0 Å². The predicted octanol–water partition coefficient (Wildman–Crippen LogP) is 5.14. The van der Waals surface area contributed by atoms with Gasteiger partial charge in [-0.2, -0.15) is 0 Å². The molecule has 6 nitrogen and oxygen atoms in total. The number of carbonyl (C=O) groups is 3. The number of amides is 2. The number of ether oxygens (including phenoxy) is 1. The van der Waals surface area contributed by atoms with Crippen LogP contribution in [-0.4, -0.2) is 29.9 Å². The number of rotatable bonds is 4. The van der Waals surface area contributed by atoms with Gasteiger partial charge in [0.15, 0.2) is 6.61 Å². The highest BCUT2D eigenvalue weighted by Gasteiger charge is 2.61. The first-order chi connectivity index (χ1) is 17.1. The number of carbonyl (C=O) groups excluding carboxylic acids is 3. The molecule has 1 heterocycles. The lowest BCUT2D eigenvalue weighted by Crippen LogP contribution is -2.60. The second kappa shape index (κ2) is 7.92. The van der Waals surface area contributed by atoms with E-state index in [0.717, 1.165) is 32.1 Å². The van der Waals surface area contributed by atoms with E-state index in [2.05, 4.69) is 36.5 Å². The number of benzene rings is 2. The van der Waals surface area contributed by atoms with E-state index in [0.29, 0.717) is 23.2 Å². The summed E-state index contributed by atoms with van der Waals surface area (Å²) in [5.74, 6) is 0.157. The van der Waals surface area contributed by atoms with E-state index in [1.807, 2.05) is 12.1 Å². The Morgan fingerprint density at radius 1 is 1.00 bits per heavy atom. The van der Waals surface area contributed by atoms with Gasteiger partial charge in [0, 0.05) is 0 Å². The Balaban J connectivity index is 1.23. The highest BCUT2D eigenvalue weighted by atomic mass is 16.5. The van der Waals surface area contributed by atoms with Gasteiger partial charge in [-0.25, -0.2) is 0 Å². The fourth-order valence-electron chi connectivity index (χ4n) is 7.99. The highest BCUT2D eigenvalue weighted by molar-refractivity contribution is 6.14. The van der Waals surface area contributed by atoms with Crippen LogP contribution >= 0.6 is 0 Å². The van der Waals surface area contributed by atoms with Crippen molar-refractivity contribution >= 4 is 29.2 Å². The maximum Gasteiger partial charge on any atom is 0.312 e. The maximum absolute atomic E-state index is 13.7. The Morgan fingerprint density at radius 3 is 2.36 bits per heavy atom. The lowest BCUT2D eigenvalue weighted by Gasteiger charge is -2.61. The van der Waals surface area contributed by atoms with Crippen molar-refractivity contribution in [3.05, 3.63) is 59.7 Å². The van der Waals surface area contributed by atoms with Crippen molar-refractivity contribution in [1.82, 2.24) is 0 Å². The van der Waals surface area contributed by atoms with E-state index >= 15 is 0 Å². The smallest absolute Gasteiger partial charge is 0.312 e. The third-order valence-corrected chi connectivity index (χ3v) is 9.24. The molecule has 0 radical (unpaired) electrons. The minimum atomic E-state index is -1.09. The Kier molecular flexibility index (Phi) is 5.12. The van der Waals surface area contributed by atoms with Gasteiger partial charge in [0.1, 0.15) is 5.54 Å². The molecule has 7 rings (SSSR count). The molecular formula is C30H34N2O4. The monoisotopic (exact) mass is 486 g/mol. The number of fused-ring (bicyclic) bond motifs is 1. The molecule has 4 saturated carbocycles. The lowest BCUT2D eigenvalue weighted by molar-refractivity contribution is -0.175. The third-order valence-electron chi connectivity index (χ3n) is 9.24. The minimum absolute atomic E-state index is 0.0205. The quantitative estimate of drug-likeness (QED) is 0.607. The normalized spacial score (nSPS) is 31.5. The zero-order chi connectivity index (χ0) is 25.3. The van der Waals surface area contributed by atoms with E-state index in [9.17, 15) is 14.4 Å². The Bertz CT molecular complexity index is 1230. The van der Waals surface area contributed by atoms with Gasteiger partial charge in [0.05, 0.1) is 16.8 Å². The number of hydrogen-bond acceptors (Lipinski definition) is 4. The summed E-state index contributed by atoms with van der Waals surface area (Å²) in [6.07, 6.45) is 5.96. The number of nitrogens with one attached hydrogen (secondary N) is 1. The van der Waals surface area contributed by atoms with E-state index in [1.165, 1.54) is 22.4 Å². The number of aryl methyl sites for hydroxylation is 1. The SMILES string of the molecule is Cc1ccc(C23C[C@H]4C[C@@H](CC(C(=O)OCC(=O)N5c6ccccc6NC(=O)C5(C)C)(C4)C2)C3)cc1. The molecule has 1 aliphatic heterocycles. The van der Waals surface area contributed by atoms with Crippen LogP contribution < -0.4 is 10.2 Å². The number of hydrogen-bond donors (Lipinski definition) is 1. The molecule has 1 N–H and O–H groups in total. The molecule has 0 aromatic heterocycles. The van der Waals surface area contributed by atoms with Crippen molar-refractivity contribution in [1.29, 1.82) is 0 Å². The Labute approximate surface area is 212 Å². The molecule has 0 unspecified atom stereocenters. The molecule has 5 aliphatic rings. The summed E-state index contributed by atoms with van der Waals surface area (Å²) in [5.41, 5.74) is 2.20. The average Bonchev–Trinajstić information content (AvgIpc) is 2.82. The van der Waals surface area contributed by atoms with Gasteiger partial charge in [-0.15, -0.1) is 0 Å². The van der Waals surface area contributed by atoms with Gasteiger partial charge < -0.3 is 10.1 Å². The Hall–Kier alpha value is -3.15. The molecule has 4 fully saturated rings. The second-order valence-electron chi connectivity index (χ2n) is 12.2. The first-order valence-electron chi connectivity index (χ1n) is 13.1. The predicted molar refractivity (Wildman–Crippen MR) is 138 cm³/mol. The number of esters is 1. The molecule has 4 aliphatic carbocycles. The van der Waals surface area contributed by atoms with Gasteiger partial charge in [0.2, 0.25) is 5.91 Å². The molecule has 2 amide bonds. The van der Waals surface area contributed by atoms with Crippen LogP contribution in [0.5, 0.6) is 0 Å². The van der Waals surface area contributed by atoms with Gasteiger partial charge in [-0.05, 0) is 94.2 Å². The molecule has 188 valence electrons. The van der Waals surface area contributed by atoms with Crippen LogP contribution in [-0.2, 0) is 24.5 Å². The molecule has 0 saturated heterocycles. The van der Waals surface area contributed by atoms with Crippen molar-refractivity contribution in [2.75, 3.05) is 16.8 Å². The summed E-state index contributed by atoms with van der Waals surface area (Å²) in [5, 5.41) is 2.87. The second-order valence-corrected chi connectivity index (χ2v) is 12.2. The molecule has 2 atom stereocenters. The van der Waals surface area contributed by atoms with Crippen LogP contribution in [0, 0.1) is 24.2 Å². The topological polar surface area (TPSA) is 75.7 Å². The van der Waals surface area contributed by atoms with Crippen LogP contribution in [0.2, 0.25) is 0 Å². The van der Waals surface area contributed by atoms with Crippen LogP contribution in [0.4, 0.5) is 11.4 Å². The van der Waals surface area contributed by atoms with Crippen molar-refractivity contribution < 1.29 is 19.1 Å². The standard InChI is InChI=1S/C30H34N2O4/c1-19-8-10-22(11-9-19)29-13-20-12-21(14-29)16-30(15-20,18-29)27(35)36-17-25(33)32-24-7-5-4-6-23(24)31-26(34)28(32,2)3/h4-11,20-21H,12-18H2,1-3H3,(H,31,34)/t20-,21-,29?,30?/m1/s1. The van der Waals surface area contributed by atoms with Crippen molar-refractivity contribution in [2.45, 2.75) is 70.3 Å². The lowest BCUT2D eigenvalue weighted by atomic mass is 9.43. The number of nitrogens with zero attached hydrogens (tertiary/aromatic N) is 1. The minimum Gasteiger partial charge on any atom is -0.455 e. The van der Waals surface area contributed by atoms with Crippen molar-refractivity contribution in [2.24, 2.45) is 17.3 Å². The van der Waals surface area contributed by atoms with E-state index < -0.39 is 11.0 Å². The zero-order valence-electron chi connectivity index (χ0n) is 21.3. The molecule has 36 heavy (non-hydrogen) atoms. The van der Waals surface area contributed by atoms with Crippen molar-refractivity contribution in [3.8, 4) is 0 Å². The van der Waals surface area contributed by atoms with Gasteiger partial charge in [-0.3, -0.25) is 19.3 Å². The van der Waals surface area contributed by atoms with Crippen LogP contribution in [0.15, 0.2) is 48.5 Å². The fraction of sp³-hybridized carbons (Fsp3) is 0.500. The first-order valence-corrected chi connectivity index (χ1v) is 13.1. The van der Waals surface area contributed by atoms with Gasteiger partial charge in [0.25, 0.3) is 5.91 Å². The third kappa shape index (κ3) is 3.48. The van der Waals surface area contributed by atoms with Crippen LogP contribution in [0.3, 0.4) is 0 Å². The fourth-order valence-corrected chi connectivity index (χ4v) is 7.99. The van der Waals surface area contributed by atoms with E-state index in [-0.39, 0.29) is 29.8 Å². The average molecular weight is 487 g/mol. The first kappa shape index (κ1) is 23.3. The maximum atomic E-state index is 13.7. The number of anilines is 2. The summed E-state index contributed by atoms with van der Waals surface area (Å²) >= 11 is 0. The summed E-state index contributed by atoms with van der Waals surface area (Å²) in [7, 11) is 0. The Morgan fingerprint density at radius 2 is 1.67 bits per heavy atom. The van der Waals surface area contributed by atoms with E-state index in [1.54, 1.807) is 26.0 Å². The molecule has 6 heteroatoms. The molecule has 0 spiro atoms. The molecular weight excluding hydrogens is 452 g/mol. The molecule has 2 aromatic rings. The van der Waals surface area contributed by atoms with E-state index in [4.69, 9.17) is 4.74 Å². The van der Waals surface area contributed by atoms with Crippen LogP contribution in [0.1, 0.15) is 63.5 Å². The highest BCUT2D eigenvalue weighted by Crippen LogP contribution is 2.66. The van der Waals surface area contributed by atoms with Gasteiger partial charge >= 0.3 is 5.97 Å². The van der Waals surface area contributed by atoms with Crippen LogP contribution in [0.25, 0.3) is 0 Å². The molecule has 2 aromatic carbocycles.